The molecule has 2 bridgehead atoms. The first-order chi connectivity index (χ1) is 18.0. The van der Waals surface area contributed by atoms with Gasteiger partial charge in [-0.05, 0) is 12.1 Å². The van der Waals surface area contributed by atoms with E-state index in [1.165, 1.54) is 6.33 Å². The first-order valence-electron chi connectivity index (χ1n) is 11.5. The van der Waals surface area contributed by atoms with Gasteiger partial charge in [-0.3, -0.25) is 9.36 Å². The molecule has 1 aromatic carbocycles. The fourth-order valence-electron chi connectivity index (χ4n) is 4.68. The van der Waals surface area contributed by atoms with Crippen LogP contribution in [0, 0.1) is 6.57 Å². The molecule has 3 aromatic rings. The number of imidazole rings is 1. The second kappa shape index (κ2) is 10.7. The summed E-state index contributed by atoms with van der Waals surface area (Å²) >= 11 is 0. The molecule has 14 heteroatoms. The minimum absolute atomic E-state index is 0.239. The van der Waals surface area contributed by atoms with E-state index >= 15 is 0 Å². The monoisotopic (exact) mass is 527 g/mol. The zero-order valence-corrected chi connectivity index (χ0v) is 21.1. The van der Waals surface area contributed by atoms with Crippen molar-refractivity contribution < 1.29 is 28.5 Å². The van der Waals surface area contributed by atoms with Gasteiger partial charge in [0, 0.05) is 12.2 Å². The van der Waals surface area contributed by atoms with Crippen LogP contribution in [0.4, 0.5) is 5.82 Å². The molecule has 1 amide bonds. The minimum atomic E-state index is -1.34. The van der Waals surface area contributed by atoms with E-state index in [0.29, 0.717) is 16.7 Å². The molecule has 5 rings (SSSR count). The fraction of sp³-hybridized carbons (Fsp3) is 0.435. The van der Waals surface area contributed by atoms with E-state index in [0.717, 1.165) is 0 Å². The Bertz CT molecular complexity index is 1300. The Hall–Kier alpha value is -3.08. The van der Waals surface area contributed by atoms with Crippen molar-refractivity contribution in [2.24, 2.45) is 0 Å². The van der Waals surface area contributed by atoms with Gasteiger partial charge in [-0.2, -0.15) is 5.06 Å². The van der Waals surface area contributed by atoms with Crippen LogP contribution in [0.25, 0.3) is 16.0 Å². The molecule has 0 aliphatic carbocycles. The van der Waals surface area contributed by atoms with Gasteiger partial charge in [0.2, 0.25) is 6.54 Å². The number of aliphatic hydroxyl groups excluding tert-OH is 1. The lowest BCUT2D eigenvalue weighted by Gasteiger charge is -2.35. The van der Waals surface area contributed by atoms with Gasteiger partial charge in [-0.1, -0.05) is 18.2 Å². The number of benzene rings is 1. The van der Waals surface area contributed by atoms with E-state index in [1.54, 1.807) is 54.0 Å². The lowest BCUT2D eigenvalue weighted by Crippen LogP contribution is -2.47. The van der Waals surface area contributed by atoms with E-state index in [9.17, 15) is 9.90 Å². The van der Waals surface area contributed by atoms with Crippen LogP contribution in [0.15, 0.2) is 43.0 Å². The molecule has 194 valence electrons. The summed E-state index contributed by atoms with van der Waals surface area (Å²) in [6.07, 6.45) is 1.65. The highest BCUT2D eigenvalue weighted by Crippen LogP contribution is 2.52. The Balaban J connectivity index is 1.43. The molecular weight excluding hydrogens is 501 g/mol. The van der Waals surface area contributed by atoms with Crippen LogP contribution < -0.4 is 5.32 Å². The Kier molecular flexibility index (Phi) is 7.41. The van der Waals surface area contributed by atoms with Gasteiger partial charge >= 0.3 is 0 Å². The molecule has 2 aromatic heterocycles. The van der Waals surface area contributed by atoms with Crippen molar-refractivity contribution in [2.75, 3.05) is 45.4 Å². The van der Waals surface area contributed by atoms with Crippen molar-refractivity contribution in [1.82, 2.24) is 24.6 Å². The summed E-state index contributed by atoms with van der Waals surface area (Å²) in [5.41, 5.74) is 0.239. The molecule has 37 heavy (non-hydrogen) atoms. The number of rotatable bonds is 10. The van der Waals surface area contributed by atoms with Crippen molar-refractivity contribution in [3.63, 3.8) is 0 Å². The van der Waals surface area contributed by atoms with Crippen LogP contribution in [-0.4, -0.2) is 93.4 Å². The number of hydroxylamine groups is 2. The highest BCUT2D eigenvalue weighted by molar-refractivity contribution is 7.46. The van der Waals surface area contributed by atoms with Gasteiger partial charge in [-0.15, -0.1) is 0 Å². The maximum absolute atomic E-state index is 12.7. The number of carbonyl (C=O) groups is 1. The molecule has 0 saturated carbocycles. The topological polar surface area (TPSA) is 137 Å². The van der Waals surface area contributed by atoms with Gasteiger partial charge in [-0.25, -0.2) is 21.5 Å². The van der Waals surface area contributed by atoms with Crippen LogP contribution in [-0.2, 0) is 18.6 Å². The van der Waals surface area contributed by atoms with E-state index < -0.39 is 32.4 Å². The Morgan fingerprint density at radius 1 is 1.35 bits per heavy atom. The molecule has 2 N–H and O–H groups in total. The summed E-state index contributed by atoms with van der Waals surface area (Å²) in [4.78, 5) is 34.7. The summed E-state index contributed by atoms with van der Waals surface area (Å²) in [7, 11) is 0.207. The van der Waals surface area contributed by atoms with Crippen molar-refractivity contribution in [2.45, 2.75) is 24.0 Å². The fourth-order valence-corrected chi connectivity index (χ4v) is 5.71. The van der Waals surface area contributed by atoms with E-state index in [2.05, 4.69) is 25.1 Å². The average Bonchev–Trinajstić information content (AvgIpc) is 3.58. The number of nitrogens with zero attached hydrogens (tertiary/aromatic N) is 6. The molecule has 2 aliphatic heterocycles. The van der Waals surface area contributed by atoms with Crippen molar-refractivity contribution in [3.8, 4) is 0 Å². The van der Waals surface area contributed by atoms with Gasteiger partial charge in [0.05, 0.1) is 26.6 Å². The van der Waals surface area contributed by atoms with Gasteiger partial charge in [0.1, 0.15) is 30.7 Å². The van der Waals surface area contributed by atoms with Crippen LogP contribution in [0.5, 0.6) is 0 Å². The average molecular weight is 527 g/mol. The van der Waals surface area contributed by atoms with Crippen molar-refractivity contribution >= 4 is 31.3 Å². The molecule has 0 radical (unpaired) electrons. The molecule has 13 nitrogen and oxygen atoms in total. The van der Waals surface area contributed by atoms with Gasteiger partial charge < -0.3 is 33.9 Å². The number of anilines is 1. The quantitative estimate of drug-likeness (QED) is 0.228. The van der Waals surface area contributed by atoms with Crippen molar-refractivity contribution in [1.29, 1.82) is 0 Å². The van der Waals surface area contributed by atoms with Crippen LogP contribution in [0.2, 0.25) is 0 Å². The smallest absolute Gasteiger partial charge is 0.256 e. The third-order valence-corrected chi connectivity index (χ3v) is 7.44. The molecule has 0 spiro atoms. The highest BCUT2D eigenvalue weighted by atomic mass is 31.2. The van der Waals surface area contributed by atoms with E-state index in [-0.39, 0.29) is 38.0 Å². The molecule has 2 saturated heterocycles. The Morgan fingerprint density at radius 3 is 2.89 bits per heavy atom. The summed E-state index contributed by atoms with van der Waals surface area (Å²) in [5, 5.41) is 14.9. The maximum Gasteiger partial charge on any atom is 0.256 e. The number of fused-ring (bicyclic) bond motifs is 3. The number of hydrogen-bond acceptors (Lipinski definition) is 10. The number of hydrogen-bond donors (Lipinski definition) is 2. The largest absolute Gasteiger partial charge is 0.393 e. The molecular formula is C23H26N7O6P. The predicted molar refractivity (Wildman–Crippen MR) is 132 cm³/mol. The number of aromatic nitrogens is 4. The van der Waals surface area contributed by atoms with Crippen LogP contribution >= 0.6 is 8.38 Å². The predicted octanol–water partition coefficient (Wildman–Crippen LogP) is 1.85. The van der Waals surface area contributed by atoms with Gasteiger partial charge in [0.15, 0.2) is 31.6 Å². The SMILES string of the molecule is [C-]#[N+]CCOP(C)O[C@H]1[C@@H]2[C@H](n3cnc4c(NC(=O)c5ccccc5)ncnc43)O[C@@]1(CO)CN2OC. The first kappa shape index (κ1) is 25.6. The second-order valence-electron chi connectivity index (χ2n) is 8.53. The van der Waals surface area contributed by atoms with Gasteiger partial charge in [0.25, 0.3) is 5.91 Å². The van der Waals surface area contributed by atoms with Crippen LogP contribution in [0.1, 0.15) is 16.6 Å². The maximum atomic E-state index is 12.7. The third kappa shape index (κ3) is 4.69. The number of ether oxygens (including phenoxy) is 1. The molecule has 2 aliphatic rings. The molecule has 4 heterocycles. The number of aliphatic hydroxyl groups is 1. The lowest BCUT2D eigenvalue weighted by molar-refractivity contribution is -0.239. The third-order valence-electron chi connectivity index (χ3n) is 6.37. The zero-order valence-electron chi connectivity index (χ0n) is 20.2. The summed E-state index contributed by atoms with van der Waals surface area (Å²) in [6.45, 7) is 9.20. The number of nitrogens with one attached hydrogen (secondary N) is 1. The first-order valence-corrected chi connectivity index (χ1v) is 13.1. The number of carbonyl (C=O) groups excluding carboxylic acids is 1. The standard InChI is InChI=1S/C23H26N7O6P/c1-24-9-10-34-37(3)36-18-17-22(35-23(18,12-31)11-30(17)33-2)29-14-27-16-19(25-13-26-20(16)29)28-21(32)15-7-5-4-6-8-15/h4-8,13-14,17-18,22,31H,9-12H2,2-3H3,(H,25,26,28,32)/t17-,18+,22-,23-,37?/m1/s1. The zero-order chi connectivity index (χ0) is 26.0. The van der Waals surface area contributed by atoms with Crippen molar-refractivity contribution in [3.05, 3.63) is 60.0 Å². The highest BCUT2D eigenvalue weighted by Gasteiger charge is 2.66. The molecule has 2 fully saturated rings. The minimum Gasteiger partial charge on any atom is -0.393 e. The number of amides is 1. The Morgan fingerprint density at radius 2 is 2.16 bits per heavy atom. The summed E-state index contributed by atoms with van der Waals surface area (Å²) < 4.78 is 20.0. The van der Waals surface area contributed by atoms with E-state index in [4.69, 9.17) is 25.2 Å². The van der Waals surface area contributed by atoms with E-state index in [1.807, 2.05) is 6.07 Å². The number of morpholine rings is 1. The molecule has 1 unspecified atom stereocenters. The normalized spacial score (nSPS) is 25.8. The summed E-state index contributed by atoms with van der Waals surface area (Å²) in [6, 6.07) is 8.34. The lowest BCUT2D eigenvalue weighted by atomic mass is 10.0. The Labute approximate surface area is 214 Å². The van der Waals surface area contributed by atoms with Crippen LogP contribution in [0.3, 0.4) is 0 Å². The summed E-state index contributed by atoms with van der Waals surface area (Å²) in [5.74, 6) is -0.0570. The molecule has 5 atom stereocenters. The second-order valence-corrected chi connectivity index (χ2v) is 9.88.